The maximum absolute atomic E-state index is 12.8. The van der Waals surface area contributed by atoms with E-state index in [-0.39, 0.29) is 6.04 Å². The lowest BCUT2D eigenvalue weighted by Gasteiger charge is -2.22. The van der Waals surface area contributed by atoms with Gasteiger partial charge in [-0.2, -0.15) is 13.2 Å². The van der Waals surface area contributed by atoms with Crippen molar-refractivity contribution in [1.29, 1.82) is 0 Å². The Morgan fingerprint density at radius 1 is 1.12 bits per heavy atom. The first kappa shape index (κ1) is 19.2. The summed E-state index contributed by atoms with van der Waals surface area (Å²) in [6.45, 7) is 6.10. The number of alkyl halides is 3. The third-order valence-electron chi connectivity index (χ3n) is 3.96. The summed E-state index contributed by atoms with van der Waals surface area (Å²) in [5, 5.41) is 6.33. The van der Waals surface area contributed by atoms with Gasteiger partial charge in [0.2, 0.25) is 0 Å². The number of benzene rings is 2. The third kappa shape index (κ3) is 5.19. The Morgan fingerprint density at radius 2 is 1.84 bits per heavy atom. The van der Waals surface area contributed by atoms with Gasteiger partial charge in [-0.3, -0.25) is 0 Å². The SMILES string of the molecule is CCC(NC(=S)Nc1cccc(C(F)(F)F)c1)c1ccc(C)cc1C. The second-order valence-electron chi connectivity index (χ2n) is 6.00. The summed E-state index contributed by atoms with van der Waals surface area (Å²) in [5.41, 5.74) is 3.06. The van der Waals surface area contributed by atoms with Crippen molar-refractivity contribution >= 4 is 23.0 Å². The molecule has 2 aromatic carbocycles. The molecule has 1 atom stereocenters. The minimum atomic E-state index is -4.38. The Hall–Kier alpha value is -2.08. The molecule has 6 heteroatoms. The highest BCUT2D eigenvalue weighted by molar-refractivity contribution is 7.80. The zero-order chi connectivity index (χ0) is 18.6. The predicted molar refractivity (Wildman–Crippen MR) is 99.7 cm³/mol. The molecule has 0 aliphatic rings. The van der Waals surface area contributed by atoms with Crippen molar-refractivity contribution in [2.75, 3.05) is 5.32 Å². The molecule has 2 N–H and O–H groups in total. The molecule has 0 spiro atoms. The zero-order valence-corrected chi connectivity index (χ0v) is 15.2. The summed E-state index contributed by atoms with van der Waals surface area (Å²) in [6.07, 6.45) is -3.58. The van der Waals surface area contributed by atoms with Crippen LogP contribution in [-0.4, -0.2) is 5.11 Å². The molecular weight excluding hydrogens is 345 g/mol. The Balaban J connectivity index is 2.10. The molecule has 25 heavy (non-hydrogen) atoms. The predicted octanol–water partition coefficient (Wildman–Crippen LogP) is 5.76. The van der Waals surface area contributed by atoms with Crippen molar-refractivity contribution < 1.29 is 13.2 Å². The van der Waals surface area contributed by atoms with E-state index in [4.69, 9.17) is 12.2 Å². The van der Waals surface area contributed by atoms with E-state index in [1.165, 1.54) is 11.6 Å². The Labute approximate surface area is 151 Å². The van der Waals surface area contributed by atoms with Crippen LogP contribution in [0.15, 0.2) is 42.5 Å². The van der Waals surface area contributed by atoms with Crippen LogP contribution in [-0.2, 0) is 6.18 Å². The van der Waals surface area contributed by atoms with E-state index in [1.54, 1.807) is 6.07 Å². The van der Waals surface area contributed by atoms with Crippen LogP contribution in [0.5, 0.6) is 0 Å². The molecule has 0 aliphatic carbocycles. The molecule has 0 saturated heterocycles. The maximum Gasteiger partial charge on any atom is 0.416 e. The quantitative estimate of drug-likeness (QED) is 0.673. The van der Waals surface area contributed by atoms with Crippen LogP contribution in [0.1, 0.15) is 41.6 Å². The van der Waals surface area contributed by atoms with Gasteiger partial charge in [-0.05, 0) is 61.8 Å². The fourth-order valence-electron chi connectivity index (χ4n) is 2.72. The third-order valence-corrected chi connectivity index (χ3v) is 4.18. The minimum absolute atomic E-state index is 0.00796. The highest BCUT2D eigenvalue weighted by Crippen LogP contribution is 2.30. The van der Waals surface area contributed by atoms with Gasteiger partial charge in [0.05, 0.1) is 11.6 Å². The molecule has 1 unspecified atom stereocenters. The summed E-state index contributed by atoms with van der Waals surface area (Å²) < 4.78 is 38.4. The summed E-state index contributed by atoms with van der Waals surface area (Å²) in [6, 6.07) is 11.2. The molecule has 134 valence electrons. The second kappa shape index (κ2) is 7.87. The first-order valence-corrected chi connectivity index (χ1v) is 8.43. The number of aryl methyl sites for hydroxylation is 2. The summed E-state index contributed by atoms with van der Waals surface area (Å²) in [5.74, 6) is 0. The van der Waals surface area contributed by atoms with Gasteiger partial charge in [-0.1, -0.05) is 36.8 Å². The highest BCUT2D eigenvalue weighted by atomic mass is 32.1. The van der Waals surface area contributed by atoms with E-state index in [0.29, 0.717) is 10.8 Å². The monoisotopic (exact) mass is 366 g/mol. The van der Waals surface area contributed by atoms with Gasteiger partial charge in [0.15, 0.2) is 5.11 Å². The first-order chi connectivity index (χ1) is 11.7. The van der Waals surface area contributed by atoms with Crippen molar-refractivity contribution in [3.8, 4) is 0 Å². The molecule has 0 aliphatic heterocycles. The summed E-state index contributed by atoms with van der Waals surface area (Å²) in [7, 11) is 0. The molecule has 0 aromatic heterocycles. The van der Waals surface area contributed by atoms with Crippen LogP contribution in [0.4, 0.5) is 18.9 Å². The number of thiocarbonyl (C=S) groups is 1. The van der Waals surface area contributed by atoms with Gasteiger partial charge in [-0.25, -0.2) is 0 Å². The van der Waals surface area contributed by atoms with Gasteiger partial charge in [0.25, 0.3) is 0 Å². The number of anilines is 1. The molecular formula is C19H21F3N2S. The van der Waals surface area contributed by atoms with Crippen molar-refractivity contribution in [2.24, 2.45) is 0 Å². The lowest BCUT2D eigenvalue weighted by atomic mass is 9.98. The maximum atomic E-state index is 12.8. The van der Waals surface area contributed by atoms with Crippen LogP contribution in [0.25, 0.3) is 0 Å². The summed E-state index contributed by atoms with van der Waals surface area (Å²) >= 11 is 5.28. The lowest BCUT2D eigenvalue weighted by Crippen LogP contribution is -2.32. The number of hydrogen-bond acceptors (Lipinski definition) is 1. The molecule has 2 aromatic rings. The van der Waals surface area contributed by atoms with Gasteiger partial charge in [0, 0.05) is 5.69 Å². The summed E-state index contributed by atoms with van der Waals surface area (Å²) in [4.78, 5) is 0. The number of rotatable bonds is 4. The zero-order valence-electron chi connectivity index (χ0n) is 14.4. The van der Waals surface area contributed by atoms with E-state index in [1.807, 2.05) is 26.8 Å². The Morgan fingerprint density at radius 3 is 2.44 bits per heavy atom. The number of hydrogen-bond donors (Lipinski definition) is 2. The van der Waals surface area contributed by atoms with E-state index in [9.17, 15) is 13.2 Å². The number of halogens is 3. The molecule has 2 rings (SSSR count). The average molecular weight is 366 g/mol. The first-order valence-electron chi connectivity index (χ1n) is 8.02. The molecule has 0 amide bonds. The molecule has 2 nitrogen and oxygen atoms in total. The van der Waals surface area contributed by atoms with Crippen LogP contribution >= 0.6 is 12.2 Å². The van der Waals surface area contributed by atoms with Gasteiger partial charge < -0.3 is 10.6 Å². The van der Waals surface area contributed by atoms with Crippen LogP contribution in [0.2, 0.25) is 0 Å². The molecule has 0 fully saturated rings. The van der Waals surface area contributed by atoms with Crippen molar-refractivity contribution in [3.63, 3.8) is 0 Å². The normalized spacial score (nSPS) is 12.6. The van der Waals surface area contributed by atoms with Crippen LogP contribution < -0.4 is 10.6 Å². The Bertz CT molecular complexity index is 757. The Kier molecular flexibility index (Phi) is 6.06. The van der Waals surface area contributed by atoms with Crippen molar-refractivity contribution in [2.45, 2.75) is 39.4 Å². The van der Waals surface area contributed by atoms with E-state index < -0.39 is 11.7 Å². The van der Waals surface area contributed by atoms with Crippen LogP contribution in [0, 0.1) is 13.8 Å². The fourth-order valence-corrected chi connectivity index (χ4v) is 2.98. The fraction of sp³-hybridized carbons (Fsp3) is 0.316. The smallest absolute Gasteiger partial charge is 0.356 e. The van der Waals surface area contributed by atoms with Crippen molar-refractivity contribution in [3.05, 3.63) is 64.7 Å². The number of nitrogens with one attached hydrogen (secondary N) is 2. The molecule has 0 bridgehead atoms. The van der Waals surface area contributed by atoms with Crippen molar-refractivity contribution in [1.82, 2.24) is 5.32 Å². The van der Waals surface area contributed by atoms with Gasteiger partial charge in [-0.15, -0.1) is 0 Å². The molecule has 0 heterocycles. The van der Waals surface area contributed by atoms with E-state index in [0.717, 1.165) is 29.7 Å². The highest BCUT2D eigenvalue weighted by Gasteiger charge is 2.30. The standard InChI is InChI=1S/C19H21F3N2S/c1-4-17(16-9-8-12(2)10-13(16)3)24-18(25)23-15-7-5-6-14(11-15)19(20,21)22/h5-11,17H,4H2,1-3H3,(H2,23,24,25). The largest absolute Gasteiger partial charge is 0.416 e. The van der Waals surface area contributed by atoms with Crippen LogP contribution in [0.3, 0.4) is 0 Å². The molecule has 0 saturated carbocycles. The van der Waals surface area contributed by atoms with E-state index in [2.05, 4.69) is 22.8 Å². The molecule has 0 radical (unpaired) electrons. The lowest BCUT2D eigenvalue weighted by molar-refractivity contribution is -0.137. The van der Waals surface area contributed by atoms with E-state index >= 15 is 0 Å². The van der Waals surface area contributed by atoms with Gasteiger partial charge >= 0.3 is 6.18 Å². The average Bonchev–Trinajstić information content (AvgIpc) is 2.52. The topological polar surface area (TPSA) is 24.1 Å². The van der Waals surface area contributed by atoms with Gasteiger partial charge in [0.1, 0.15) is 0 Å². The second-order valence-corrected chi connectivity index (χ2v) is 6.41. The minimum Gasteiger partial charge on any atom is -0.356 e.